The maximum absolute atomic E-state index is 11.8. The molecule has 0 radical (unpaired) electrons. The summed E-state index contributed by atoms with van der Waals surface area (Å²) in [6.07, 6.45) is 2.32. The zero-order valence-electron chi connectivity index (χ0n) is 13.1. The number of amides is 1. The summed E-state index contributed by atoms with van der Waals surface area (Å²) in [5.74, 6) is 0.192. The second-order valence-electron chi connectivity index (χ2n) is 6.32. The first-order chi connectivity index (χ1) is 10.1. The van der Waals surface area contributed by atoms with E-state index in [9.17, 15) is 4.79 Å². The summed E-state index contributed by atoms with van der Waals surface area (Å²) < 4.78 is 0. The molecule has 1 aliphatic carbocycles. The van der Waals surface area contributed by atoms with Crippen LogP contribution in [0.5, 0.6) is 0 Å². The number of benzene rings is 1. The van der Waals surface area contributed by atoms with Crippen LogP contribution in [-0.4, -0.2) is 49.6 Å². The van der Waals surface area contributed by atoms with E-state index in [2.05, 4.69) is 47.2 Å². The average Bonchev–Trinajstić information content (AvgIpc) is 3.27. The van der Waals surface area contributed by atoms with Crippen LogP contribution in [0.4, 0.5) is 5.69 Å². The summed E-state index contributed by atoms with van der Waals surface area (Å²) in [5.41, 5.74) is 4.06. The Labute approximate surface area is 127 Å². The van der Waals surface area contributed by atoms with Crippen LogP contribution in [0.15, 0.2) is 18.2 Å². The molecule has 4 nitrogen and oxygen atoms in total. The lowest BCUT2D eigenvalue weighted by molar-refractivity contribution is -0.122. The molecule has 0 aromatic heterocycles. The van der Waals surface area contributed by atoms with Gasteiger partial charge >= 0.3 is 0 Å². The van der Waals surface area contributed by atoms with Gasteiger partial charge in [0.25, 0.3) is 0 Å². The number of anilines is 1. The second-order valence-corrected chi connectivity index (χ2v) is 6.32. The Morgan fingerprint density at radius 2 is 1.90 bits per heavy atom. The Hall–Kier alpha value is -1.55. The molecule has 0 unspecified atom stereocenters. The maximum Gasteiger partial charge on any atom is 0.234 e. The Morgan fingerprint density at radius 1 is 1.19 bits per heavy atom. The van der Waals surface area contributed by atoms with Gasteiger partial charge in [-0.25, -0.2) is 0 Å². The number of carbonyl (C=O) groups is 1. The van der Waals surface area contributed by atoms with Crippen molar-refractivity contribution < 1.29 is 4.79 Å². The van der Waals surface area contributed by atoms with Crippen LogP contribution >= 0.6 is 0 Å². The van der Waals surface area contributed by atoms with Gasteiger partial charge in [0.15, 0.2) is 0 Å². The molecule has 0 atom stereocenters. The molecule has 21 heavy (non-hydrogen) atoms. The molecule has 1 heterocycles. The van der Waals surface area contributed by atoms with Crippen LogP contribution in [-0.2, 0) is 4.79 Å². The maximum atomic E-state index is 11.8. The summed E-state index contributed by atoms with van der Waals surface area (Å²) >= 11 is 0. The molecule has 1 aromatic carbocycles. The summed E-state index contributed by atoms with van der Waals surface area (Å²) in [6.45, 7) is 8.84. The van der Waals surface area contributed by atoms with Gasteiger partial charge < -0.3 is 10.2 Å². The predicted molar refractivity (Wildman–Crippen MR) is 85.7 cm³/mol. The largest absolute Gasteiger partial charge is 0.369 e. The molecular formula is C17H25N3O. The molecule has 1 saturated heterocycles. The third-order valence-corrected chi connectivity index (χ3v) is 4.60. The summed E-state index contributed by atoms with van der Waals surface area (Å²) in [5, 5.41) is 3.07. The second kappa shape index (κ2) is 6.06. The highest BCUT2D eigenvalue weighted by molar-refractivity contribution is 5.78. The van der Waals surface area contributed by atoms with Crippen molar-refractivity contribution in [3.63, 3.8) is 0 Å². The zero-order chi connectivity index (χ0) is 14.8. The molecule has 1 aliphatic heterocycles. The van der Waals surface area contributed by atoms with Gasteiger partial charge in [-0.2, -0.15) is 0 Å². The van der Waals surface area contributed by atoms with Gasteiger partial charge in [-0.05, 0) is 43.9 Å². The first-order valence-electron chi connectivity index (χ1n) is 7.96. The van der Waals surface area contributed by atoms with Crippen LogP contribution in [0.2, 0.25) is 0 Å². The molecule has 114 valence electrons. The van der Waals surface area contributed by atoms with Crippen LogP contribution < -0.4 is 10.2 Å². The van der Waals surface area contributed by atoms with Gasteiger partial charge in [0, 0.05) is 37.9 Å². The van der Waals surface area contributed by atoms with Gasteiger partial charge in [0.05, 0.1) is 6.54 Å². The predicted octanol–water partition coefficient (Wildman–Crippen LogP) is 1.70. The minimum absolute atomic E-state index is 0.192. The van der Waals surface area contributed by atoms with Crippen molar-refractivity contribution in [2.45, 2.75) is 32.7 Å². The van der Waals surface area contributed by atoms with Crippen molar-refractivity contribution in [1.29, 1.82) is 0 Å². The van der Waals surface area contributed by atoms with Crippen molar-refractivity contribution in [3.8, 4) is 0 Å². The van der Waals surface area contributed by atoms with Crippen LogP contribution in [0.1, 0.15) is 24.0 Å². The first-order valence-corrected chi connectivity index (χ1v) is 7.96. The van der Waals surface area contributed by atoms with Crippen molar-refractivity contribution in [2.24, 2.45) is 0 Å². The Balaban J connectivity index is 1.52. The minimum Gasteiger partial charge on any atom is -0.369 e. The number of aryl methyl sites for hydroxylation is 1. The number of carbonyl (C=O) groups excluding carboxylic acids is 1. The zero-order valence-corrected chi connectivity index (χ0v) is 13.1. The molecule has 1 saturated carbocycles. The highest BCUT2D eigenvalue weighted by Gasteiger charge is 2.25. The smallest absolute Gasteiger partial charge is 0.234 e. The monoisotopic (exact) mass is 287 g/mol. The molecule has 2 fully saturated rings. The quantitative estimate of drug-likeness (QED) is 0.915. The van der Waals surface area contributed by atoms with Crippen molar-refractivity contribution in [2.75, 3.05) is 37.6 Å². The van der Waals surface area contributed by atoms with Gasteiger partial charge in [-0.3, -0.25) is 9.69 Å². The fourth-order valence-corrected chi connectivity index (χ4v) is 2.93. The number of piperazine rings is 1. The topological polar surface area (TPSA) is 35.6 Å². The SMILES string of the molecule is Cc1cccc(N2CCN(CC(=O)NC3CC3)CC2)c1C. The van der Waals surface area contributed by atoms with Crippen LogP contribution in [0.25, 0.3) is 0 Å². The number of rotatable bonds is 4. The Bertz CT molecular complexity index is 517. The van der Waals surface area contributed by atoms with Gasteiger partial charge in [0.1, 0.15) is 0 Å². The van der Waals surface area contributed by atoms with E-state index >= 15 is 0 Å². The van der Waals surface area contributed by atoms with Crippen LogP contribution in [0.3, 0.4) is 0 Å². The normalized spacial score (nSPS) is 19.6. The van der Waals surface area contributed by atoms with E-state index in [-0.39, 0.29) is 5.91 Å². The van der Waals surface area contributed by atoms with Crippen molar-refractivity contribution in [1.82, 2.24) is 10.2 Å². The standard InChI is InChI=1S/C17H25N3O/c1-13-4-3-5-16(14(13)2)20-10-8-19(9-11-20)12-17(21)18-15-6-7-15/h3-5,15H,6-12H2,1-2H3,(H,18,21). The van der Waals surface area contributed by atoms with Gasteiger partial charge in [-0.15, -0.1) is 0 Å². The molecule has 3 rings (SSSR count). The van der Waals surface area contributed by atoms with E-state index < -0.39 is 0 Å². The first kappa shape index (κ1) is 14.4. The van der Waals surface area contributed by atoms with Crippen molar-refractivity contribution >= 4 is 11.6 Å². The minimum atomic E-state index is 0.192. The molecule has 0 spiro atoms. The number of nitrogens with one attached hydrogen (secondary N) is 1. The lowest BCUT2D eigenvalue weighted by atomic mass is 10.1. The Morgan fingerprint density at radius 3 is 2.57 bits per heavy atom. The lowest BCUT2D eigenvalue weighted by Crippen LogP contribution is -2.49. The molecule has 1 aromatic rings. The molecule has 2 aliphatic rings. The highest BCUT2D eigenvalue weighted by Crippen LogP contribution is 2.24. The lowest BCUT2D eigenvalue weighted by Gasteiger charge is -2.36. The third kappa shape index (κ3) is 3.56. The average molecular weight is 287 g/mol. The number of hydrogen-bond donors (Lipinski definition) is 1. The molecule has 1 N–H and O–H groups in total. The molecular weight excluding hydrogens is 262 g/mol. The third-order valence-electron chi connectivity index (χ3n) is 4.60. The molecule has 4 heteroatoms. The van der Waals surface area contributed by atoms with Crippen molar-refractivity contribution in [3.05, 3.63) is 29.3 Å². The molecule has 0 bridgehead atoms. The van der Waals surface area contributed by atoms with Gasteiger partial charge in [0.2, 0.25) is 5.91 Å². The fraction of sp³-hybridized carbons (Fsp3) is 0.588. The molecule has 1 amide bonds. The Kier molecular flexibility index (Phi) is 4.15. The van der Waals surface area contributed by atoms with Crippen LogP contribution in [0, 0.1) is 13.8 Å². The number of nitrogens with zero attached hydrogens (tertiary/aromatic N) is 2. The summed E-state index contributed by atoms with van der Waals surface area (Å²) in [7, 11) is 0. The highest BCUT2D eigenvalue weighted by atomic mass is 16.2. The van der Waals surface area contributed by atoms with Gasteiger partial charge in [-0.1, -0.05) is 12.1 Å². The number of hydrogen-bond acceptors (Lipinski definition) is 3. The van der Waals surface area contributed by atoms with E-state index in [0.717, 1.165) is 39.0 Å². The summed E-state index contributed by atoms with van der Waals surface area (Å²) in [4.78, 5) is 16.6. The summed E-state index contributed by atoms with van der Waals surface area (Å²) in [6, 6.07) is 6.97. The fourth-order valence-electron chi connectivity index (χ4n) is 2.93. The van der Waals surface area contributed by atoms with E-state index in [1.807, 2.05) is 0 Å². The van der Waals surface area contributed by atoms with E-state index in [4.69, 9.17) is 0 Å². The van der Waals surface area contributed by atoms with E-state index in [1.165, 1.54) is 16.8 Å². The van der Waals surface area contributed by atoms with E-state index in [0.29, 0.717) is 12.6 Å². The van der Waals surface area contributed by atoms with E-state index in [1.54, 1.807) is 0 Å².